The number of fused-ring (bicyclic) bond motifs is 1. The Morgan fingerprint density at radius 1 is 1.12 bits per heavy atom. The number of nitrogens with zero attached hydrogens (tertiary/aromatic N) is 2. The van der Waals surface area contributed by atoms with Gasteiger partial charge < -0.3 is 13.7 Å². The zero-order valence-electron chi connectivity index (χ0n) is 13.0. The summed E-state index contributed by atoms with van der Waals surface area (Å²) in [5.74, 6) is 1.46. The van der Waals surface area contributed by atoms with Crippen molar-refractivity contribution in [3.05, 3.63) is 53.8 Å². The lowest BCUT2D eigenvalue weighted by Gasteiger charge is -1.97. The van der Waals surface area contributed by atoms with Gasteiger partial charge in [0.1, 0.15) is 17.1 Å². The van der Waals surface area contributed by atoms with Gasteiger partial charge in [0.2, 0.25) is 5.82 Å². The lowest BCUT2D eigenvalue weighted by Crippen LogP contribution is -1.83. The predicted octanol–water partition coefficient (Wildman–Crippen LogP) is 4.61. The van der Waals surface area contributed by atoms with E-state index in [2.05, 4.69) is 10.1 Å². The van der Waals surface area contributed by atoms with Crippen molar-refractivity contribution >= 4 is 11.0 Å². The molecule has 0 aliphatic carbocycles. The van der Waals surface area contributed by atoms with Crippen molar-refractivity contribution < 1.29 is 18.1 Å². The van der Waals surface area contributed by atoms with Crippen LogP contribution in [0, 0.1) is 12.7 Å². The molecule has 4 rings (SSSR count). The fraction of sp³-hybridized carbons (Fsp3) is 0.111. The average Bonchev–Trinajstić information content (AvgIpc) is 3.20. The standard InChI is InChI=1S/C18H13FN2O3/c1-10-14-9-13(22-2)6-7-15(14)23-16(10)17-20-18(24-21-17)11-4-3-5-12(19)8-11/h3-9H,1-2H3. The van der Waals surface area contributed by atoms with E-state index >= 15 is 0 Å². The van der Waals surface area contributed by atoms with Gasteiger partial charge in [-0.1, -0.05) is 11.2 Å². The minimum absolute atomic E-state index is 0.238. The molecule has 0 aliphatic heterocycles. The highest BCUT2D eigenvalue weighted by molar-refractivity contribution is 5.87. The summed E-state index contributed by atoms with van der Waals surface area (Å²) in [4.78, 5) is 4.32. The van der Waals surface area contributed by atoms with Gasteiger partial charge in [-0.05, 0) is 43.3 Å². The fourth-order valence-corrected chi connectivity index (χ4v) is 2.59. The zero-order valence-corrected chi connectivity index (χ0v) is 13.0. The first-order valence-corrected chi connectivity index (χ1v) is 7.33. The Hall–Kier alpha value is -3.15. The van der Waals surface area contributed by atoms with Crippen LogP contribution in [0.4, 0.5) is 4.39 Å². The molecular formula is C18H13FN2O3. The number of furan rings is 1. The lowest BCUT2D eigenvalue weighted by molar-refractivity contribution is 0.415. The van der Waals surface area contributed by atoms with Gasteiger partial charge in [-0.25, -0.2) is 4.39 Å². The SMILES string of the molecule is COc1ccc2oc(-c3noc(-c4cccc(F)c4)n3)c(C)c2c1. The number of aryl methyl sites for hydroxylation is 1. The maximum absolute atomic E-state index is 13.3. The number of aromatic nitrogens is 2. The molecule has 2 heterocycles. The van der Waals surface area contributed by atoms with Crippen molar-refractivity contribution in [1.29, 1.82) is 0 Å². The molecule has 5 nitrogen and oxygen atoms in total. The molecule has 0 aliphatic rings. The topological polar surface area (TPSA) is 61.3 Å². The van der Waals surface area contributed by atoms with Crippen molar-refractivity contribution in [3.63, 3.8) is 0 Å². The van der Waals surface area contributed by atoms with Crippen LogP contribution in [0.3, 0.4) is 0 Å². The van der Waals surface area contributed by atoms with E-state index < -0.39 is 0 Å². The molecule has 0 amide bonds. The van der Waals surface area contributed by atoms with Crippen molar-refractivity contribution in [1.82, 2.24) is 10.1 Å². The second-order valence-corrected chi connectivity index (χ2v) is 5.35. The molecule has 0 bridgehead atoms. The minimum atomic E-state index is -0.362. The molecule has 120 valence electrons. The van der Waals surface area contributed by atoms with E-state index in [1.54, 1.807) is 19.2 Å². The quantitative estimate of drug-likeness (QED) is 0.551. The third kappa shape index (κ3) is 2.32. The molecular weight excluding hydrogens is 311 g/mol. The molecule has 0 N–H and O–H groups in total. The van der Waals surface area contributed by atoms with Gasteiger partial charge in [-0.2, -0.15) is 4.98 Å². The maximum atomic E-state index is 13.3. The minimum Gasteiger partial charge on any atom is -0.497 e. The number of hydrogen-bond donors (Lipinski definition) is 0. The van der Waals surface area contributed by atoms with E-state index in [1.807, 2.05) is 25.1 Å². The number of hydrogen-bond acceptors (Lipinski definition) is 5. The number of rotatable bonds is 3. The highest BCUT2D eigenvalue weighted by atomic mass is 19.1. The van der Waals surface area contributed by atoms with Crippen LogP contribution < -0.4 is 4.74 Å². The molecule has 6 heteroatoms. The molecule has 0 radical (unpaired) electrons. The number of methoxy groups -OCH3 is 1. The Balaban J connectivity index is 1.79. The van der Waals surface area contributed by atoms with E-state index in [4.69, 9.17) is 13.7 Å². The first-order valence-electron chi connectivity index (χ1n) is 7.33. The second kappa shape index (κ2) is 5.49. The van der Waals surface area contributed by atoms with Gasteiger partial charge in [0, 0.05) is 16.5 Å². The van der Waals surface area contributed by atoms with Gasteiger partial charge in [0.15, 0.2) is 5.76 Å². The smallest absolute Gasteiger partial charge is 0.258 e. The van der Waals surface area contributed by atoms with Crippen LogP contribution in [-0.4, -0.2) is 17.3 Å². The van der Waals surface area contributed by atoms with Gasteiger partial charge in [-0.15, -0.1) is 0 Å². The normalized spacial score (nSPS) is 11.1. The van der Waals surface area contributed by atoms with Crippen LogP contribution in [0.2, 0.25) is 0 Å². The molecule has 2 aromatic carbocycles. The third-order valence-corrected chi connectivity index (χ3v) is 3.84. The summed E-state index contributed by atoms with van der Waals surface area (Å²) in [5, 5.41) is 4.88. The Kier molecular flexibility index (Phi) is 3.30. The van der Waals surface area contributed by atoms with Gasteiger partial charge >= 0.3 is 0 Å². The summed E-state index contributed by atoms with van der Waals surface area (Å²) in [6.45, 7) is 1.92. The number of halogens is 1. The van der Waals surface area contributed by atoms with E-state index in [9.17, 15) is 4.39 Å². The molecule has 0 spiro atoms. The largest absolute Gasteiger partial charge is 0.497 e. The summed E-state index contributed by atoms with van der Waals surface area (Å²) in [5.41, 5.74) is 2.11. The highest BCUT2D eigenvalue weighted by Gasteiger charge is 2.19. The van der Waals surface area contributed by atoms with Crippen LogP contribution in [0.1, 0.15) is 5.56 Å². The number of benzene rings is 2. The number of ether oxygens (including phenoxy) is 1. The second-order valence-electron chi connectivity index (χ2n) is 5.35. The summed E-state index contributed by atoms with van der Waals surface area (Å²) >= 11 is 0. The van der Waals surface area contributed by atoms with Crippen LogP contribution in [0.5, 0.6) is 5.75 Å². The molecule has 24 heavy (non-hydrogen) atoms. The van der Waals surface area contributed by atoms with Crippen molar-refractivity contribution in [2.75, 3.05) is 7.11 Å². The van der Waals surface area contributed by atoms with Gasteiger partial charge in [0.05, 0.1) is 7.11 Å². The van der Waals surface area contributed by atoms with Crippen LogP contribution in [0.25, 0.3) is 34.0 Å². The molecule has 0 unspecified atom stereocenters. The molecule has 0 fully saturated rings. The van der Waals surface area contributed by atoms with Crippen molar-refractivity contribution in [2.45, 2.75) is 6.92 Å². The third-order valence-electron chi connectivity index (χ3n) is 3.84. The Bertz CT molecular complexity index is 1040. The van der Waals surface area contributed by atoms with E-state index in [1.165, 1.54) is 12.1 Å². The molecule has 2 aromatic heterocycles. The fourth-order valence-electron chi connectivity index (χ4n) is 2.59. The van der Waals surface area contributed by atoms with E-state index in [0.717, 1.165) is 16.7 Å². The van der Waals surface area contributed by atoms with Gasteiger partial charge in [-0.3, -0.25) is 0 Å². The van der Waals surface area contributed by atoms with Crippen molar-refractivity contribution in [2.24, 2.45) is 0 Å². The van der Waals surface area contributed by atoms with Crippen LogP contribution in [0.15, 0.2) is 51.4 Å². The van der Waals surface area contributed by atoms with E-state index in [-0.39, 0.29) is 11.7 Å². The summed E-state index contributed by atoms with van der Waals surface area (Å²) in [6.07, 6.45) is 0. The Morgan fingerprint density at radius 3 is 2.79 bits per heavy atom. The van der Waals surface area contributed by atoms with Crippen LogP contribution in [-0.2, 0) is 0 Å². The Morgan fingerprint density at radius 2 is 2.00 bits per heavy atom. The molecule has 0 saturated carbocycles. The highest BCUT2D eigenvalue weighted by Crippen LogP contribution is 2.34. The average molecular weight is 324 g/mol. The summed E-state index contributed by atoms with van der Waals surface area (Å²) < 4.78 is 29.7. The zero-order chi connectivity index (χ0) is 16.7. The van der Waals surface area contributed by atoms with E-state index in [0.29, 0.717) is 22.7 Å². The predicted molar refractivity (Wildman–Crippen MR) is 86.2 cm³/mol. The maximum Gasteiger partial charge on any atom is 0.258 e. The monoisotopic (exact) mass is 324 g/mol. The van der Waals surface area contributed by atoms with Crippen LogP contribution >= 0.6 is 0 Å². The first-order chi connectivity index (χ1) is 11.7. The molecule has 4 aromatic rings. The Labute approximate surface area is 136 Å². The first kappa shape index (κ1) is 14.4. The summed E-state index contributed by atoms with van der Waals surface area (Å²) in [6, 6.07) is 11.5. The summed E-state index contributed by atoms with van der Waals surface area (Å²) in [7, 11) is 1.61. The lowest BCUT2D eigenvalue weighted by atomic mass is 10.1. The molecule has 0 saturated heterocycles. The molecule has 0 atom stereocenters. The van der Waals surface area contributed by atoms with Crippen molar-refractivity contribution in [3.8, 4) is 28.8 Å². The van der Waals surface area contributed by atoms with Gasteiger partial charge in [0.25, 0.3) is 5.89 Å².